The van der Waals surface area contributed by atoms with Gasteiger partial charge in [-0.1, -0.05) is 13.0 Å². The Morgan fingerprint density at radius 1 is 1.62 bits per heavy atom. The van der Waals surface area contributed by atoms with E-state index in [0.717, 1.165) is 18.7 Å². The average molecular weight is 324 g/mol. The van der Waals surface area contributed by atoms with Gasteiger partial charge in [-0.2, -0.15) is 5.10 Å². The first-order valence-corrected chi connectivity index (χ1v) is 8.26. The van der Waals surface area contributed by atoms with Crippen molar-refractivity contribution in [1.82, 2.24) is 19.7 Å². The molecule has 21 heavy (non-hydrogen) atoms. The van der Waals surface area contributed by atoms with E-state index >= 15 is 0 Å². The monoisotopic (exact) mass is 324 g/mol. The van der Waals surface area contributed by atoms with E-state index in [1.54, 1.807) is 20.8 Å². The van der Waals surface area contributed by atoms with Crippen LogP contribution in [0.1, 0.15) is 37.0 Å². The van der Waals surface area contributed by atoms with Crippen molar-refractivity contribution in [2.75, 3.05) is 7.05 Å². The number of nitrogens with one attached hydrogen (secondary N) is 1. The second-order valence-electron chi connectivity index (χ2n) is 4.98. The summed E-state index contributed by atoms with van der Waals surface area (Å²) in [5.41, 5.74) is 0. The van der Waals surface area contributed by atoms with Crippen LogP contribution in [0.3, 0.4) is 0 Å². The third-order valence-electron chi connectivity index (χ3n) is 3.53. The SMILES string of the molecule is CCCc1n[nH]c(=S)n1CC(=O)N(C)C(C)c1cccs1. The molecule has 0 saturated heterocycles. The van der Waals surface area contributed by atoms with Crippen molar-refractivity contribution >= 4 is 29.5 Å². The van der Waals surface area contributed by atoms with Crippen molar-refractivity contribution in [2.45, 2.75) is 39.3 Å². The van der Waals surface area contributed by atoms with Gasteiger partial charge in [0.15, 0.2) is 4.77 Å². The minimum Gasteiger partial charge on any atom is -0.337 e. The lowest BCUT2D eigenvalue weighted by Gasteiger charge is -2.24. The van der Waals surface area contributed by atoms with Gasteiger partial charge in [-0.25, -0.2) is 0 Å². The maximum absolute atomic E-state index is 12.5. The predicted molar refractivity (Wildman–Crippen MR) is 86.9 cm³/mol. The number of nitrogens with zero attached hydrogens (tertiary/aromatic N) is 3. The molecule has 0 radical (unpaired) electrons. The molecule has 2 aromatic rings. The lowest BCUT2D eigenvalue weighted by atomic mass is 10.2. The average Bonchev–Trinajstić information content (AvgIpc) is 3.11. The number of rotatable bonds is 6. The summed E-state index contributed by atoms with van der Waals surface area (Å²) in [6.45, 7) is 4.34. The summed E-state index contributed by atoms with van der Waals surface area (Å²) >= 11 is 6.87. The van der Waals surface area contributed by atoms with Gasteiger partial charge in [0.1, 0.15) is 12.4 Å². The van der Waals surface area contributed by atoms with Gasteiger partial charge in [0.05, 0.1) is 6.04 Å². The third kappa shape index (κ3) is 3.59. The van der Waals surface area contributed by atoms with Gasteiger partial charge >= 0.3 is 0 Å². The van der Waals surface area contributed by atoms with Crippen LogP contribution in [0, 0.1) is 4.77 Å². The molecule has 2 rings (SSSR count). The van der Waals surface area contributed by atoms with Crippen molar-refractivity contribution in [3.05, 3.63) is 33.0 Å². The van der Waals surface area contributed by atoms with Crippen molar-refractivity contribution in [3.8, 4) is 0 Å². The maximum Gasteiger partial charge on any atom is 0.242 e. The molecular formula is C14H20N4OS2. The predicted octanol–water partition coefficient (Wildman–Crippen LogP) is 3.17. The van der Waals surface area contributed by atoms with Crippen LogP contribution in [0.4, 0.5) is 0 Å². The minimum atomic E-state index is 0.0331. The van der Waals surface area contributed by atoms with Gasteiger partial charge in [-0.15, -0.1) is 11.3 Å². The van der Waals surface area contributed by atoms with Crippen LogP contribution in [0.5, 0.6) is 0 Å². The first kappa shape index (κ1) is 15.9. The molecule has 7 heteroatoms. The van der Waals surface area contributed by atoms with Crippen molar-refractivity contribution in [2.24, 2.45) is 0 Å². The normalized spacial score (nSPS) is 12.3. The zero-order chi connectivity index (χ0) is 15.4. The van der Waals surface area contributed by atoms with Gasteiger partial charge in [-0.3, -0.25) is 14.5 Å². The number of hydrogen-bond acceptors (Lipinski definition) is 4. The topological polar surface area (TPSA) is 53.9 Å². The molecule has 0 spiro atoms. The second kappa shape index (κ2) is 7.00. The Labute approximate surface area is 133 Å². The van der Waals surface area contributed by atoms with Crippen LogP contribution in [-0.2, 0) is 17.8 Å². The largest absolute Gasteiger partial charge is 0.337 e. The highest BCUT2D eigenvalue weighted by Crippen LogP contribution is 2.23. The van der Waals surface area contributed by atoms with Crippen LogP contribution in [0.2, 0.25) is 0 Å². The van der Waals surface area contributed by atoms with Crippen molar-refractivity contribution in [1.29, 1.82) is 0 Å². The molecule has 1 N–H and O–H groups in total. The molecule has 1 unspecified atom stereocenters. The number of aromatic amines is 1. The molecule has 0 aromatic carbocycles. The molecule has 0 saturated carbocycles. The first-order valence-electron chi connectivity index (χ1n) is 6.97. The molecular weight excluding hydrogens is 304 g/mol. The zero-order valence-electron chi connectivity index (χ0n) is 12.5. The Hall–Kier alpha value is -1.47. The van der Waals surface area contributed by atoms with Gasteiger partial charge in [0, 0.05) is 18.3 Å². The summed E-state index contributed by atoms with van der Waals surface area (Å²) in [5.74, 6) is 0.874. The minimum absolute atomic E-state index is 0.0331. The molecule has 0 bridgehead atoms. The van der Waals surface area contributed by atoms with Crippen molar-refractivity contribution in [3.63, 3.8) is 0 Å². The number of carbonyl (C=O) groups is 1. The zero-order valence-corrected chi connectivity index (χ0v) is 14.1. The lowest BCUT2D eigenvalue weighted by molar-refractivity contribution is -0.132. The molecule has 114 valence electrons. The highest BCUT2D eigenvalue weighted by atomic mass is 32.1. The van der Waals surface area contributed by atoms with E-state index in [1.165, 1.54) is 4.88 Å². The molecule has 1 atom stereocenters. The highest BCUT2D eigenvalue weighted by molar-refractivity contribution is 7.71. The molecule has 1 amide bonds. The number of aryl methyl sites for hydroxylation is 1. The second-order valence-corrected chi connectivity index (χ2v) is 6.34. The van der Waals surface area contributed by atoms with E-state index in [9.17, 15) is 4.79 Å². The van der Waals surface area contributed by atoms with E-state index in [-0.39, 0.29) is 18.5 Å². The summed E-state index contributed by atoms with van der Waals surface area (Å²) in [7, 11) is 1.83. The summed E-state index contributed by atoms with van der Waals surface area (Å²) in [6, 6.07) is 4.11. The fourth-order valence-electron chi connectivity index (χ4n) is 2.11. The number of H-pyrrole nitrogens is 1. The van der Waals surface area contributed by atoms with E-state index in [1.807, 2.05) is 31.5 Å². The molecule has 0 fully saturated rings. The van der Waals surface area contributed by atoms with E-state index in [0.29, 0.717) is 4.77 Å². The van der Waals surface area contributed by atoms with Gasteiger partial charge in [0.25, 0.3) is 0 Å². The number of thiophene rings is 1. The Bertz CT molecular complexity index is 644. The lowest BCUT2D eigenvalue weighted by Crippen LogP contribution is -2.32. The number of carbonyl (C=O) groups excluding carboxylic acids is 1. The Kier molecular flexibility index (Phi) is 5.30. The third-order valence-corrected chi connectivity index (χ3v) is 4.89. The molecule has 2 heterocycles. The maximum atomic E-state index is 12.5. The fourth-order valence-corrected chi connectivity index (χ4v) is 3.15. The van der Waals surface area contributed by atoms with Crippen LogP contribution in [0.15, 0.2) is 17.5 Å². The number of aromatic nitrogens is 3. The molecule has 2 aromatic heterocycles. The highest BCUT2D eigenvalue weighted by Gasteiger charge is 2.19. The molecule has 0 aliphatic rings. The summed E-state index contributed by atoms with van der Waals surface area (Å²) < 4.78 is 2.29. The van der Waals surface area contributed by atoms with Gasteiger partial charge in [-0.05, 0) is 37.0 Å². The molecule has 0 aliphatic heterocycles. The van der Waals surface area contributed by atoms with Gasteiger partial charge in [0.2, 0.25) is 5.91 Å². The number of hydrogen-bond donors (Lipinski definition) is 1. The quantitative estimate of drug-likeness (QED) is 0.830. The van der Waals surface area contributed by atoms with Crippen LogP contribution >= 0.6 is 23.6 Å². The smallest absolute Gasteiger partial charge is 0.242 e. The Morgan fingerprint density at radius 2 is 2.38 bits per heavy atom. The van der Waals surface area contributed by atoms with E-state index < -0.39 is 0 Å². The van der Waals surface area contributed by atoms with Crippen LogP contribution in [-0.4, -0.2) is 32.6 Å². The van der Waals surface area contributed by atoms with Crippen LogP contribution in [0.25, 0.3) is 0 Å². The molecule has 5 nitrogen and oxygen atoms in total. The fraction of sp³-hybridized carbons (Fsp3) is 0.500. The number of amides is 1. The first-order chi connectivity index (χ1) is 10.0. The molecule has 0 aliphatic carbocycles. The van der Waals surface area contributed by atoms with E-state index in [2.05, 4.69) is 17.1 Å². The summed E-state index contributed by atoms with van der Waals surface area (Å²) in [6.07, 6.45) is 1.78. The standard InChI is InChI=1S/C14H20N4OS2/c1-4-6-12-15-16-14(20)18(12)9-13(19)17(3)10(2)11-7-5-8-21-11/h5,7-8,10H,4,6,9H2,1-3H3,(H,16,20). The Balaban J connectivity index is 2.11. The van der Waals surface area contributed by atoms with Gasteiger partial charge < -0.3 is 4.90 Å². The Morgan fingerprint density at radius 3 is 3.00 bits per heavy atom. The summed E-state index contributed by atoms with van der Waals surface area (Å²) in [5, 5.41) is 8.98. The van der Waals surface area contributed by atoms with Crippen LogP contribution < -0.4 is 0 Å². The number of likely N-dealkylation sites (N-methyl/N-ethyl adjacent to an activating group) is 1. The summed E-state index contributed by atoms with van der Waals surface area (Å²) in [4.78, 5) is 15.4. The van der Waals surface area contributed by atoms with E-state index in [4.69, 9.17) is 12.2 Å². The van der Waals surface area contributed by atoms with Crippen molar-refractivity contribution < 1.29 is 4.79 Å².